The Morgan fingerprint density at radius 3 is 2.41 bits per heavy atom. The maximum absolute atomic E-state index is 12.9. The van der Waals surface area contributed by atoms with Gasteiger partial charge in [0.1, 0.15) is 11.2 Å². The van der Waals surface area contributed by atoms with Crippen molar-refractivity contribution in [3.05, 3.63) is 34.1 Å². The molecule has 5 heteroatoms. The molecule has 0 heterocycles. The third-order valence-corrected chi connectivity index (χ3v) is 3.10. The summed E-state index contributed by atoms with van der Waals surface area (Å²) in [7, 11) is 1.22. The number of benzene rings is 1. The number of ether oxygens (including phenoxy) is 1. The standard InChI is InChI=1S/C12H12BrFO3/c1-12(2,11(16)17-3)10(15)8-5-4-7(14)6-9(8)13/h4-6H,1-3H3. The zero-order chi connectivity index (χ0) is 13.2. The smallest absolute Gasteiger partial charge is 0.319 e. The van der Waals surface area contributed by atoms with E-state index in [0.717, 1.165) is 0 Å². The van der Waals surface area contributed by atoms with Crippen LogP contribution in [0.2, 0.25) is 0 Å². The van der Waals surface area contributed by atoms with Crippen molar-refractivity contribution >= 4 is 27.7 Å². The molecule has 0 amide bonds. The van der Waals surface area contributed by atoms with E-state index in [-0.39, 0.29) is 5.56 Å². The van der Waals surface area contributed by atoms with Crippen molar-refractivity contribution < 1.29 is 18.7 Å². The number of carbonyl (C=O) groups is 2. The van der Waals surface area contributed by atoms with Gasteiger partial charge in [-0.15, -0.1) is 0 Å². The van der Waals surface area contributed by atoms with E-state index in [1.807, 2.05) is 0 Å². The van der Waals surface area contributed by atoms with Gasteiger partial charge in [-0.05, 0) is 48.0 Å². The monoisotopic (exact) mass is 302 g/mol. The molecule has 0 atom stereocenters. The molecule has 92 valence electrons. The average molecular weight is 303 g/mol. The van der Waals surface area contributed by atoms with E-state index in [1.54, 1.807) is 0 Å². The number of hydrogen-bond acceptors (Lipinski definition) is 3. The third-order valence-electron chi connectivity index (χ3n) is 2.44. The normalized spacial score (nSPS) is 11.1. The summed E-state index contributed by atoms with van der Waals surface area (Å²) in [5.41, 5.74) is -1.04. The first-order valence-electron chi connectivity index (χ1n) is 4.89. The summed E-state index contributed by atoms with van der Waals surface area (Å²) in [5.74, 6) is -1.50. The molecule has 1 aromatic rings. The molecule has 0 saturated carbocycles. The Kier molecular flexibility index (Phi) is 4.03. The Balaban J connectivity index is 3.17. The van der Waals surface area contributed by atoms with Gasteiger partial charge in [0.05, 0.1) is 7.11 Å². The van der Waals surface area contributed by atoms with Crippen molar-refractivity contribution in [1.29, 1.82) is 0 Å². The first kappa shape index (κ1) is 13.8. The lowest BCUT2D eigenvalue weighted by molar-refractivity contribution is -0.147. The zero-order valence-corrected chi connectivity index (χ0v) is 11.3. The van der Waals surface area contributed by atoms with Gasteiger partial charge in [0.15, 0.2) is 5.78 Å². The van der Waals surface area contributed by atoms with Crippen molar-refractivity contribution in [2.45, 2.75) is 13.8 Å². The van der Waals surface area contributed by atoms with Crippen LogP contribution < -0.4 is 0 Å². The van der Waals surface area contributed by atoms with Crippen LogP contribution in [-0.4, -0.2) is 18.9 Å². The molecule has 1 rings (SSSR count). The number of rotatable bonds is 3. The van der Waals surface area contributed by atoms with Crippen LogP contribution in [0.15, 0.2) is 22.7 Å². The predicted octanol–water partition coefficient (Wildman–Crippen LogP) is 2.97. The van der Waals surface area contributed by atoms with Crippen molar-refractivity contribution in [3.8, 4) is 0 Å². The van der Waals surface area contributed by atoms with Crippen LogP contribution in [0.3, 0.4) is 0 Å². The van der Waals surface area contributed by atoms with Gasteiger partial charge in [-0.25, -0.2) is 4.39 Å². The molecule has 0 saturated heterocycles. The Morgan fingerprint density at radius 2 is 1.94 bits per heavy atom. The third kappa shape index (κ3) is 2.72. The Hall–Kier alpha value is -1.23. The number of Topliss-reactive ketones (excluding diaryl/α,β-unsaturated/α-hetero) is 1. The molecule has 0 bridgehead atoms. The van der Waals surface area contributed by atoms with Crippen LogP contribution in [0.5, 0.6) is 0 Å². The molecule has 17 heavy (non-hydrogen) atoms. The van der Waals surface area contributed by atoms with Gasteiger partial charge in [0.2, 0.25) is 0 Å². The molecule has 0 aliphatic heterocycles. The fraction of sp³-hybridized carbons (Fsp3) is 0.333. The summed E-state index contributed by atoms with van der Waals surface area (Å²) in [6.45, 7) is 2.94. The summed E-state index contributed by atoms with van der Waals surface area (Å²) in [5, 5.41) is 0. The van der Waals surface area contributed by atoms with Crippen LogP contribution in [-0.2, 0) is 9.53 Å². The lowest BCUT2D eigenvalue weighted by Crippen LogP contribution is -2.34. The molecule has 0 aliphatic rings. The number of esters is 1. The minimum atomic E-state index is -1.30. The minimum Gasteiger partial charge on any atom is -0.468 e. The summed E-state index contributed by atoms with van der Waals surface area (Å²) >= 11 is 3.10. The zero-order valence-electron chi connectivity index (χ0n) is 9.71. The van der Waals surface area contributed by atoms with Gasteiger partial charge >= 0.3 is 5.97 Å². The highest BCUT2D eigenvalue weighted by Crippen LogP contribution is 2.28. The molecule has 1 aromatic carbocycles. The molecule has 0 aliphatic carbocycles. The highest BCUT2D eigenvalue weighted by molar-refractivity contribution is 9.10. The molecular formula is C12H12BrFO3. The van der Waals surface area contributed by atoms with Crippen LogP contribution in [0.4, 0.5) is 4.39 Å². The van der Waals surface area contributed by atoms with Crippen molar-refractivity contribution in [3.63, 3.8) is 0 Å². The van der Waals surface area contributed by atoms with E-state index in [2.05, 4.69) is 20.7 Å². The summed E-state index contributed by atoms with van der Waals surface area (Å²) in [6.07, 6.45) is 0. The second-order valence-electron chi connectivity index (χ2n) is 4.07. The van der Waals surface area contributed by atoms with Crippen molar-refractivity contribution in [2.75, 3.05) is 7.11 Å². The van der Waals surface area contributed by atoms with Gasteiger partial charge in [-0.2, -0.15) is 0 Å². The van der Waals surface area contributed by atoms with Gasteiger partial charge in [-0.1, -0.05) is 0 Å². The maximum Gasteiger partial charge on any atom is 0.319 e. The highest BCUT2D eigenvalue weighted by Gasteiger charge is 2.38. The molecule has 0 radical (unpaired) electrons. The highest BCUT2D eigenvalue weighted by atomic mass is 79.9. The van der Waals surface area contributed by atoms with Crippen LogP contribution in [0.25, 0.3) is 0 Å². The second-order valence-corrected chi connectivity index (χ2v) is 4.92. The van der Waals surface area contributed by atoms with Crippen molar-refractivity contribution in [2.24, 2.45) is 5.41 Å². The maximum atomic E-state index is 12.9. The molecule has 0 unspecified atom stereocenters. The fourth-order valence-corrected chi connectivity index (χ4v) is 1.89. The average Bonchev–Trinajstić information content (AvgIpc) is 2.27. The summed E-state index contributed by atoms with van der Waals surface area (Å²) in [4.78, 5) is 23.6. The minimum absolute atomic E-state index is 0.252. The first-order chi connectivity index (χ1) is 7.80. The first-order valence-corrected chi connectivity index (χ1v) is 5.68. The van der Waals surface area contributed by atoms with Crippen LogP contribution in [0.1, 0.15) is 24.2 Å². The van der Waals surface area contributed by atoms with E-state index in [9.17, 15) is 14.0 Å². The topological polar surface area (TPSA) is 43.4 Å². The van der Waals surface area contributed by atoms with E-state index < -0.39 is 23.0 Å². The lowest BCUT2D eigenvalue weighted by atomic mass is 9.84. The van der Waals surface area contributed by atoms with Gasteiger partial charge in [0, 0.05) is 10.0 Å². The summed E-state index contributed by atoms with van der Waals surface area (Å²) < 4.78 is 17.8. The summed E-state index contributed by atoms with van der Waals surface area (Å²) in [6, 6.07) is 3.69. The lowest BCUT2D eigenvalue weighted by Gasteiger charge is -2.20. The SMILES string of the molecule is COC(=O)C(C)(C)C(=O)c1ccc(F)cc1Br. The van der Waals surface area contributed by atoms with Crippen LogP contribution in [0, 0.1) is 11.2 Å². The largest absolute Gasteiger partial charge is 0.468 e. The number of methoxy groups -OCH3 is 1. The Morgan fingerprint density at radius 1 is 1.35 bits per heavy atom. The Bertz CT molecular complexity index is 469. The van der Waals surface area contributed by atoms with Gasteiger partial charge < -0.3 is 4.74 Å². The molecule has 0 fully saturated rings. The fourth-order valence-electron chi connectivity index (χ4n) is 1.36. The van der Waals surface area contributed by atoms with Gasteiger partial charge in [-0.3, -0.25) is 9.59 Å². The van der Waals surface area contributed by atoms with E-state index in [4.69, 9.17) is 0 Å². The Labute approximate surface area is 107 Å². The molecular weight excluding hydrogens is 291 g/mol. The second kappa shape index (κ2) is 4.96. The quantitative estimate of drug-likeness (QED) is 0.490. The van der Waals surface area contributed by atoms with Gasteiger partial charge in [0.25, 0.3) is 0 Å². The van der Waals surface area contributed by atoms with Crippen molar-refractivity contribution in [1.82, 2.24) is 0 Å². The van der Waals surface area contributed by atoms with Crippen LogP contribution >= 0.6 is 15.9 Å². The van der Waals surface area contributed by atoms with E-state index in [0.29, 0.717) is 4.47 Å². The number of carbonyl (C=O) groups excluding carboxylic acids is 2. The van der Waals surface area contributed by atoms with E-state index in [1.165, 1.54) is 39.2 Å². The predicted molar refractivity (Wildman–Crippen MR) is 64.2 cm³/mol. The molecule has 0 aromatic heterocycles. The number of hydrogen-bond donors (Lipinski definition) is 0. The molecule has 0 spiro atoms. The molecule has 3 nitrogen and oxygen atoms in total. The molecule has 0 N–H and O–H groups in total. The number of halogens is 2. The number of ketones is 1. The van der Waals surface area contributed by atoms with E-state index >= 15 is 0 Å².